The summed E-state index contributed by atoms with van der Waals surface area (Å²) in [7, 11) is 1.70. The number of hydrogen-bond donors (Lipinski definition) is 0. The third kappa shape index (κ3) is 2.95. The summed E-state index contributed by atoms with van der Waals surface area (Å²) < 4.78 is 10.9. The second kappa shape index (κ2) is 6.54. The van der Waals surface area contributed by atoms with Gasteiger partial charge in [0.1, 0.15) is 11.3 Å². The van der Waals surface area contributed by atoms with Crippen LogP contribution in [0.5, 0.6) is 5.75 Å². The Kier molecular flexibility index (Phi) is 4.09. The lowest BCUT2D eigenvalue weighted by Gasteiger charge is -2.26. The minimum Gasteiger partial charge on any atom is -0.497 e. The van der Waals surface area contributed by atoms with Gasteiger partial charge < -0.3 is 9.15 Å². The Balaban J connectivity index is 1.46. The van der Waals surface area contributed by atoms with Crippen LogP contribution in [0.4, 0.5) is 0 Å². The van der Waals surface area contributed by atoms with Crippen molar-refractivity contribution in [1.82, 2.24) is 4.90 Å². The number of para-hydroxylation sites is 1. The summed E-state index contributed by atoms with van der Waals surface area (Å²) in [6.45, 7) is 2.97. The molecule has 0 saturated carbocycles. The van der Waals surface area contributed by atoms with Crippen molar-refractivity contribution in [3.8, 4) is 5.75 Å². The van der Waals surface area contributed by atoms with E-state index in [0.29, 0.717) is 0 Å². The average molecular weight is 319 g/mol. The first-order valence-corrected chi connectivity index (χ1v) is 8.34. The Morgan fingerprint density at radius 2 is 1.92 bits per heavy atom. The minimum absolute atomic E-state index is 0.906. The van der Waals surface area contributed by atoms with Gasteiger partial charge in [0.25, 0.3) is 0 Å². The number of methoxy groups -OCH3 is 1. The van der Waals surface area contributed by atoms with E-state index in [1.54, 1.807) is 7.11 Å². The van der Waals surface area contributed by atoms with Crippen LogP contribution >= 0.6 is 0 Å². The van der Waals surface area contributed by atoms with Crippen LogP contribution in [0.25, 0.3) is 16.5 Å². The van der Waals surface area contributed by atoms with Crippen molar-refractivity contribution in [2.75, 3.05) is 20.2 Å². The second-order valence-electron chi connectivity index (χ2n) is 6.20. The number of rotatable bonds is 4. The van der Waals surface area contributed by atoms with Gasteiger partial charge in [-0.2, -0.15) is 0 Å². The fraction of sp³-hybridized carbons (Fsp3) is 0.238. The monoisotopic (exact) mass is 319 g/mol. The number of benzene rings is 2. The number of furan rings is 1. The predicted octanol–water partition coefficient (Wildman–Crippen LogP) is 4.73. The van der Waals surface area contributed by atoms with E-state index in [9.17, 15) is 0 Å². The molecule has 0 saturated heterocycles. The van der Waals surface area contributed by atoms with Crippen molar-refractivity contribution >= 4 is 16.5 Å². The van der Waals surface area contributed by atoms with Crippen molar-refractivity contribution in [3.63, 3.8) is 0 Å². The lowest BCUT2D eigenvalue weighted by Crippen LogP contribution is -2.27. The fourth-order valence-electron chi connectivity index (χ4n) is 3.32. The third-order valence-corrected chi connectivity index (χ3v) is 4.71. The van der Waals surface area contributed by atoms with Crippen LogP contribution in [0.2, 0.25) is 0 Å². The van der Waals surface area contributed by atoms with Crippen LogP contribution in [0, 0.1) is 0 Å². The molecule has 0 amide bonds. The minimum atomic E-state index is 0.906. The summed E-state index contributed by atoms with van der Waals surface area (Å²) in [6, 6.07) is 16.6. The van der Waals surface area contributed by atoms with E-state index in [2.05, 4.69) is 35.2 Å². The van der Waals surface area contributed by atoms with Gasteiger partial charge in [0.15, 0.2) is 0 Å². The van der Waals surface area contributed by atoms with Crippen molar-refractivity contribution in [2.24, 2.45) is 0 Å². The maximum Gasteiger partial charge on any atom is 0.134 e. The molecule has 122 valence electrons. The highest BCUT2D eigenvalue weighted by molar-refractivity contribution is 5.80. The summed E-state index contributed by atoms with van der Waals surface area (Å²) in [4.78, 5) is 2.46. The molecule has 2 heterocycles. The van der Waals surface area contributed by atoms with E-state index >= 15 is 0 Å². The SMILES string of the molecule is COc1ccc(C2=CCN(Cc3coc4ccccc34)CC2)cc1. The van der Waals surface area contributed by atoms with Crippen molar-refractivity contribution < 1.29 is 9.15 Å². The van der Waals surface area contributed by atoms with E-state index in [-0.39, 0.29) is 0 Å². The largest absolute Gasteiger partial charge is 0.497 e. The van der Waals surface area contributed by atoms with E-state index in [0.717, 1.165) is 37.4 Å². The first-order valence-electron chi connectivity index (χ1n) is 8.34. The van der Waals surface area contributed by atoms with Gasteiger partial charge >= 0.3 is 0 Å². The summed E-state index contributed by atoms with van der Waals surface area (Å²) in [5.41, 5.74) is 4.96. The zero-order chi connectivity index (χ0) is 16.4. The predicted molar refractivity (Wildman–Crippen MR) is 97.1 cm³/mol. The smallest absolute Gasteiger partial charge is 0.134 e. The Labute approximate surface area is 142 Å². The van der Waals surface area contributed by atoms with E-state index in [1.807, 2.05) is 30.5 Å². The highest BCUT2D eigenvalue weighted by Gasteiger charge is 2.15. The molecular formula is C21H21NO2. The third-order valence-electron chi connectivity index (χ3n) is 4.71. The van der Waals surface area contributed by atoms with Crippen molar-refractivity contribution in [3.05, 3.63) is 72.0 Å². The number of nitrogens with zero attached hydrogens (tertiary/aromatic N) is 1. The van der Waals surface area contributed by atoms with Gasteiger partial charge in [-0.05, 0) is 35.8 Å². The Morgan fingerprint density at radius 3 is 2.67 bits per heavy atom. The quantitative estimate of drug-likeness (QED) is 0.695. The van der Waals surface area contributed by atoms with E-state index < -0.39 is 0 Å². The molecule has 0 spiro atoms. The maximum absolute atomic E-state index is 5.65. The van der Waals surface area contributed by atoms with Crippen molar-refractivity contribution in [2.45, 2.75) is 13.0 Å². The molecular weight excluding hydrogens is 298 g/mol. The molecule has 3 nitrogen and oxygen atoms in total. The second-order valence-corrected chi connectivity index (χ2v) is 6.20. The molecule has 1 aliphatic heterocycles. The zero-order valence-electron chi connectivity index (χ0n) is 13.9. The molecule has 0 atom stereocenters. The van der Waals surface area contributed by atoms with Crippen LogP contribution < -0.4 is 4.74 Å². The van der Waals surface area contributed by atoms with Crippen molar-refractivity contribution in [1.29, 1.82) is 0 Å². The summed E-state index contributed by atoms with van der Waals surface area (Å²) >= 11 is 0. The molecule has 3 aromatic rings. The summed E-state index contributed by atoms with van der Waals surface area (Å²) in [5, 5.41) is 1.22. The normalized spacial score (nSPS) is 15.5. The zero-order valence-corrected chi connectivity index (χ0v) is 13.9. The molecule has 2 aromatic carbocycles. The van der Waals surface area contributed by atoms with Gasteiger partial charge in [-0.25, -0.2) is 0 Å². The molecule has 0 unspecified atom stereocenters. The summed E-state index contributed by atoms with van der Waals surface area (Å²) in [5.74, 6) is 0.906. The molecule has 24 heavy (non-hydrogen) atoms. The standard InChI is InChI=1S/C21H21NO2/c1-23-19-8-6-16(7-9-19)17-10-12-22(13-11-17)14-18-15-24-21-5-3-2-4-20(18)21/h2-10,15H,11-14H2,1H3. The molecule has 4 rings (SSSR count). The van der Waals surface area contributed by atoms with E-state index in [4.69, 9.17) is 9.15 Å². The Morgan fingerprint density at radius 1 is 1.08 bits per heavy atom. The van der Waals surface area contributed by atoms with Gasteiger partial charge in [0.05, 0.1) is 13.4 Å². The Hall–Kier alpha value is -2.52. The number of hydrogen-bond acceptors (Lipinski definition) is 3. The van der Waals surface area contributed by atoms with Crippen LogP contribution in [0.3, 0.4) is 0 Å². The lowest BCUT2D eigenvalue weighted by molar-refractivity contribution is 0.294. The van der Waals surface area contributed by atoms with Crippen LogP contribution in [-0.4, -0.2) is 25.1 Å². The topological polar surface area (TPSA) is 25.6 Å². The van der Waals surface area contributed by atoms with Gasteiger partial charge in [-0.1, -0.05) is 36.4 Å². The van der Waals surface area contributed by atoms with Gasteiger partial charge in [-0.3, -0.25) is 4.90 Å². The highest BCUT2D eigenvalue weighted by Crippen LogP contribution is 2.27. The van der Waals surface area contributed by atoms with Crippen LogP contribution in [0.15, 0.2) is 65.3 Å². The van der Waals surface area contributed by atoms with E-state index in [1.165, 1.54) is 22.1 Å². The molecule has 0 aliphatic carbocycles. The number of fused-ring (bicyclic) bond motifs is 1. The molecule has 1 aliphatic rings. The molecule has 1 aromatic heterocycles. The summed E-state index contributed by atoms with van der Waals surface area (Å²) in [6.07, 6.45) is 5.31. The molecule has 3 heteroatoms. The van der Waals surface area contributed by atoms with Gasteiger partial charge in [0.2, 0.25) is 0 Å². The van der Waals surface area contributed by atoms with Crippen LogP contribution in [-0.2, 0) is 6.54 Å². The first-order chi connectivity index (χ1) is 11.8. The average Bonchev–Trinajstić information content (AvgIpc) is 3.06. The van der Waals surface area contributed by atoms with Gasteiger partial charge in [0, 0.05) is 30.6 Å². The molecule has 0 fully saturated rings. The fourth-order valence-corrected chi connectivity index (χ4v) is 3.32. The Bertz CT molecular complexity index is 861. The molecule has 0 N–H and O–H groups in total. The molecule has 0 bridgehead atoms. The highest BCUT2D eigenvalue weighted by atomic mass is 16.5. The lowest BCUT2D eigenvalue weighted by atomic mass is 9.99. The van der Waals surface area contributed by atoms with Crippen LogP contribution in [0.1, 0.15) is 17.5 Å². The van der Waals surface area contributed by atoms with Gasteiger partial charge in [-0.15, -0.1) is 0 Å². The molecule has 0 radical (unpaired) electrons. The number of ether oxygens (including phenoxy) is 1. The first kappa shape index (κ1) is 15.0. The maximum atomic E-state index is 5.65.